The predicted octanol–water partition coefficient (Wildman–Crippen LogP) is 2.43. The minimum Gasteiger partial charge on any atom is -0.370 e. The van der Waals surface area contributed by atoms with Crippen molar-refractivity contribution in [1.29, 1.82) is 0 Å². The second kappa shape index (κ2) is 5.21. The molecule has 1 heterocycles. The summed E-state index contributed by atoms with van der Waals surface area (Å²) in [5.74, 6) is 0.687. The maximum absolute atomic E-state index is 6.01. The van der Waals surface area contributed by atoms with Crippen molar-refractivity contribution in [2.45, 2.75) is 39.8 Å². The van der Waals surface area contributed by atoms with E-state index in [1.165, 1.54) is 16.7 Å². The first-order valence-corrected chi connectivity index (χ1v) is 6.34. The average molecular weight is 231 g/mol. The molecule has 1 aromatic carbocycles. The van der Waals surface area contributed by atoms with Gasteiger partial charge < -0.3 is 10.6 Å². The highest BCUT2D eigenvalue weighted by atomic mass is 15.3. The highest BCUT2D eigenvalue weighted by molar-refractivity contribution is 5.78. The van der Waals surface area contributed by atoms with Crippen molar-refractivity contribution < 1.29 is 0 Å². The van der Waals surface area contributed by atoms with E-state index >= 15 is 0 Å². The van der Waals surface area contributed by atoms with Gasteiger partial charge in [-0.05, 0) is 24.5 Å². The number of aryl methyl sites for hydroxylation is 1. The number of nitrogens with zero attached hydrogens (tertiary/aromatic N) is 2. The Morgan fingerprint density at radius 1 is 1.35 bits per heavy atom. The topological polar surface area (TPSA) is 41.6 Å². The van der Waals surface area contributed by atoms with Crippen molar-refractivity contribution in [2.75, 3.05) is 6.54 Å². The number of benzene rings is 1. The van der Waals surface area contributed by atoms with Gasteiger partial charge in [-0.15, -0.1) is 0 Å². The molecule has 0 amide bonds. The fourth-order valence-electron chi connectivity index (χ4n) is 2.14. The molecule has 0 fully saturated rings. The lowest BCUT2D eigenvalue weighted by molar-refractivity contribution is 0.439. The molecule has 0 atom stereocenters. The summed E-state index contributed by atoms with van der Waals surface area (Å²) >= 11 is 0. The van der Waals surface area contributed by atoms with Crippen LogP contribution < -0.4 is 5.73 Å². The van der Waals surface area contributed by atoms with Crippen molar-refractivity contribution in [3.05, 3.63) is 34.9 Å². The van der Waals surface area contributed by atoms with Gasteiger partial charge in [0.25, 0.3) is 0 Å². The van der Waals surface area contributed by atoms with Crippen molar-refractivity contribution in [3.63, 3.8) is 0 Å². The van der Waals surface area contributed by atoms with E-state index in [0.29, 0.717) is 5.96 Å². The molecular weight excluding hydrogens is 210 g/mol. The van der Waals surface area contributed by atoms with Crippen molar-refractivity contribution in [2.24, 2.45) is 10.7 Å². The lowest BCUT2D eigenvalue weighted by atomic mass is 10.1. The second-order valence-electron chi connectivity index (χ2n) is 4.72. The van der Waals surface area contributed by atoms with E-state index in [2.05, 4.69) is 41.9 Å². The number of aliphatic imine (C=N–C) groups is 1. The summed E-state index contributed by atoms with van der Waals surface area (Å²) in [6.07, 6.45) is 2.27. The molecule has 0 spiro atoms. The largest absolute Gasteiger partial charge is 0.370 e. The van der Waals surface area contributed by atoms with Gasteiger partial charge in [-0.25, -0.2) is 0 Å². The molecule has 92 valence electrons. The minimum absolute atomic E-state index is 0.687. The maximum atomic E-state index is 6.01. The zero-order valence-corrected chi connectivity index (χ0v) is 10.7. The van der Waals surface area contributed by atoms with Crippen LogP contribution in [0, 0.1) is 6.92 Å². The van der Waals surface area contributed by atoms with Crippen LogP contribution >= 0.6 is 0 Å². The van der Waals surface area contributed by atoms with Gasteiger partial charge in [-0.3, -0.25) is 4.99 Å². The number of rotatable bonds is 3. The van der Waals surface area contributed by atoms with Gasteiger partial charge in [0.05, 0.1) is 0 Å². The molecule has 0 unspecified atom stereocenters. The van der Waals surface area contributed by atoms with Gasteiger partial charge in [-0.2, -0.15) is 0 Å². The molecule has 0 saturated heterocycles. The van der Waals surface area contributed by atoms with Crippen molar-refractivity contribution in [1.82, 2.24) is 4.90 Å². The van der Waals surface area contributed by atoms with Crippen LogP contribution in [0.2, 0.25) is 0 Å². The van der Waals surface area contributed by atoms with Crippen LogP contribution in [0.5, 0.6) is 0 Å². The Balaban J connectivity index is 2.02. The monoisotopic (exact) mass is 231 g/mol. The van der Waals surface area contributed by atoms with Crippen LogP contribution in [0.1, 0.15) is 36.5 Å². The van der Waals surface area contributed by atoms with Crippen LogP contribution in [0.15, 0.2) is 23.2 Å². The Bertz CT molecular complexity index is 423. The molecule has 2 N–H and O–H groups in total. The molecule has 17 heavy (non-hydrogen) atoms. The Morgan fingerprint density at radius 3 is 2.88 bits per heavy atom. The van der Waals surface area contributed by atoms with Crippen molar-refractivity contribution in [3.8, 4) is 0 Å². The van der Waals surface area contributed by atoms with E-state index in [9.17, 15) is 0 Å². The summed E-state index contributed by atoms with van der Waals surface area (Å²) in [6.45, 7) is 6.94. The maximum Gasteiger partial charge on any atom is 0.191 e. The Kier molecular flexibility index (Phi) is 3.67. The Hall–Kier alpha value is -1.51. The minimum atomic E-state index is 0.687. The first kappa shape index (κ1) is 12.0. The molecule has 3 nitrogen and oxygen atoms in total. The summed E-state index contributed by atoms with van der Waals surface area (Å²) in [7, 11) is 0. The Labute approximate surface area is 103 Å². The van der Waals surface area contributed by atoms with Gasteiger partial charge in [0.15, 0.2) is 5.96 Å². The van der Waals surface area contributed by atoms with E-state index in [-0.39, 0.29) is 0 Å². The normalized spacial score (nSPS) is 15.2. The lowest BCUT2D eigenvalue weighted by Crippen LogP contribution is -2.33. The predicted molar refractivity (Wildman–Crippen MR) is 71.8 cm³/mol. The molecule has 0 bridgehead atoms. The molecule has 3 heteroatoms. The van der Waals surface area contributed by atoms with Crippen LogP contribution in [0.3, 0.4) is 0 Å². The van der Waals surface area contributed by atoms with Gasteiger partial charge in [0, 0.05) is 19.6 Å². The van der Waals surface area contributed by atoms with Gasteiger partial charge in [0.2, 0.25) is 0 Å². The SMILES string of the molecule is CCCCN=C(N)N1Cc2ccc(C)cc2C1. The molecule has 0 saturated carbocycles. The summed E-state index contributed by atoms with van der Waals surface area (Å²) in [6, 6.07) is 6.60. The zero-order valence-electron chi connectivity index (χ0n) is 10.7. The Morgan fingerprint density at radius 2 is 2.12 bits per heavy atom. The molecule has 1 aliphatic rings. The van der Waals surface area contributed by atoms with E-state index in [0.717, 1.165) is 32.5 Å². The molecule has 0 aliphatic carbocycles. The smallest absolute Gasteiger partial charge is 0.191 e. The second-order valence-corrected chi connectivity index (χ2v) is 4.72. The molecule has 2 rings (SSSR count). The summed E-state index contributed by atoms with van der Waals surface area (Å²) in [5, 5.41) is 0. The average Bonchev–Trinajstić information content (AvgIpc) is 2.72. The third-order valence-electron chi connectivity index (χ3n) is 3.19. The first-order chi connectivity index (χ1) is 8.20. The van der Waals surface area contributed by atoms with Gasteiger partial charge in [0.1, 0.15) is 0 Å². The molecular formula is C14H21N3. The third kappa shape index (κ3) is 2.78. The first-order valence-electron chi connectivity index (χ1n) is 6.34. The van der Waals surface area contributed by atoms with Crippen LogP contribution in [0.25, 0.3) is 0 Å². The summed E-state index contributed by atoms with van der Waals surface area (Å²) in [5.41, 5.74) is 10.1. The number of guanidine groups is 1. The standard InChI is InChI=1S/C14H21N3/c1-3-4-7-16-14(15)17-9-12-6-5-11(2)8-13(12)10-17/h5-6,8H,3-4,7,9-10H2,1-2H3,(H2,15,16). The number of hydrogen-bond donors (Lipinski definition) is 1. The fraction of sp³-hybridized carbons (Fsp3) is 0.500. The van der Waals surface area contributed by atoms with Crippen LogP contribution in [-0.4, -0.2) is 17.4 Å². The van der Waals surface area contributed by atoms with Crippen LogP contribution in [-0.2, 0) is 13.1 Å². The summed E-state index contributed by atoms with van der Waals surface area (Å²) < 4.78 is 0. The van der Waals surface area contributed by atoms with E-state index < -0.39 is 0 Å². The molecule has 0 aromatic heterocycles. The highest BCUT2D eigenvalue weighted by Gasteiger charge is 2.19. The van der Waals surface area contributed by atoms with E-state index in [4.69, 9.17) is 5.73 Å². The van der Waals surface area contributed by atoms with Crippen LogP contribution in [0.4, 0.5) is 0 Å². The number of fused-ring (bicyclic) bond motifs is 1. The van der Waals surface area contributed by atoms with Gasteiger partial charge >= 0.3 is 0 Å². The summed E-state index contributed by atoms with van der Waals surface area (Å²) in [4.78, 5) is 6.57. The number of nitrogens with two attached hydrogens (primary N) is 1. The van der Waals surface area contributed by atoms with Gasteiger partial charge in [-0.1, -0.05) is 37.1 Å². The lowest BCUT2D eigenvalue weighted by Gasteiger charge is -2.16. The molecule has 1 aromatic rings. The number of hydrogen-bond acceptors (Lipinski definition) is 1. The van der Waals surface area contributed by atoms with E-state index in [1.54, 1.807) is 0 Å². The van der Waals surface area contributed by atoms with Crippen molar-refractivity contribution >= 4 is 5.96 Å². The number of unbranched alkanes of at least 4 members (excludes halogenated alkanes) is 1. The quantitative estimate of drug-likeness (QED) is 0.493. The molecule has 0 radical (unpaired) electrons. The highest BCUT2D eigenvalue weighted by Crippen LogP contribution is 2.23. The third-order valence-corrected chi connectivity index (χ3v) is 3.19. The fourth-order valence-corrected chi connectivity index (χ4v) is 2.14. The molecule has 1 aliphatic heterocycles. The van der Waals surface area contributed by atoms with E-state index in [1.807, 2.05) is 0 Å². The zero-order chi connectivity index (χ0) is 12.3.